The van der Waals surface area contributed by atoms with Crippen molar-refractivity contribution < 1.29 is 8.42 Å². The molecule has 1 aromatic heterocycles. The minimum Gasteiger partial charge on any atom is -0.279 e. The van der Waals surface area contributed by atoms with Crippen LogP contribution in [0.4, 0.5) is 5.69 Å². The van der Waals surface area contributed by atoms with E-state index in [9.17, 15) is 8.42 Å². The van der Waals surface area contributed by atoms with Crippen molar-refractivity contribution in [3.63, 3.8) is 0 Å². The fraction of sp³-hybridized carbons (Fsp3) is 0.286. The Balaban J connectivity index is 2.02. The van der Waals surface area contributed by atoms with E-state index < -0.39 is 10.0 Å². The number of aryl methyl sites for hydroxylation is 1. The van der Waals surface area contributed by atoms with Crippen molar-refractivity contribution >= 4 is 66.2 Å². The number of thiophene rings is 1. The Kier molecular flexibility index (Phi) is 4.76. The molecule has 0 radical (unpaired) electrons. The molecule has 0 unspecified atom stereocenters. The lowest BCUT2D eigenvalue weighted by Crippen LogP contribution is -2.16. The molecule has 1 aliphatic rings. The summed E-state index contributed by atoms with van der Waals surface area (Å²) in [5, 5.41) is 0. The molecule has 0 bridgehead atoms. The highest BCUT2D eigenvalue weighted by molar-refractivity contribution is 9.10. The van der Waals surface area contributed by atoms with Crippen LogP contribution in [-0.2, 0) is 22.9 Å². The van der Waals surface area contributed by atoms with E-state index in [1.54, 1.807) is 6.07 Å². The van der Waals surface area contributed by atoms with Gasteiger partial charge in [-0.15, -0.1) is 11.3 Å². The highest BCUT2D eigenvalue weighted by Gasteiger charge is 2.27. The molecule has 0 amide bonds. The Morgan fingerprint density at radius 1 is 1.14 bits per heavy atom. The van der Waals surface area contributed by atoms with Crippen LogP contribution in [0.15, 0.2) is 27.6 Å². The third kappa shape index (κ3) is 3.04. The van der Waals surface area contributed by atoms with Gasteiger partial charge in [0.05, 0.1) is 10.2 Å². The molecule has 3 rings (SSSR count). The fourth-order valence-electron chi connectivity index (χ4n) is 2.64. The van der Waals surface area contributed by atoms with Crippen LogP contribution in [0.25, 0.3) is 0 Å². The third-order valence-corrected chi connectivity index (χ3v) is 8.47. The number of anilines is 1. The summed E-state index contributed by atoms with van der Waals surface area (Å²) < 4.78 is 28.8. The van der Waals surface area contributed by atoms with Crippen LogP contribution in [0.5, 0.6) is 0 Å². The molecular weight excluding hydrogens is 429 g/mol. The van der Waals surface area contributed by atoms with Gasteiger partial charge in [0.1, 0.15) is 13.6 Å². The van der Waals surface area contributed by atoms with Gasteiger partial charge in [-0.2, -0.15) is 0 Å². The van der Waals surface area contributed by atoms with E-state index in [4.69, 9.17) is 23.2 Å². The number of rotatable bonds is 3. The summed E-state index contributed by atoms with van der Waals surface area (Å²) in [4.78, 5) is -0.00224. The van der Waals surface area contributed by atoms with E-state index in [1.807, 2.05) is 6.07 Å². The van der Waals surface area contributed by atoms with Crippen LogP contribution >= 0.6 is 50.5 Å². The molecule has 0 saturated carbocycles. The van der Waals surface area contributed by atoms with Crippen molar-refractivity contribution in [3.8, 4) is 0 Å². The number of hydrogen-bond acceptors (Lipinski definition) is 3. The van der Waals surface area contributed by atoms with Gasteiger partial charge >= 0.3 is 0 Å². The van der Waals surface area contributed by atoms with Crippen LogP contribution in [0.2, 0.25) is 8.67 Å². The predicted molar refractivity (Wildman–Crippen MR) is 95.9 cm³/mol. The third-order valence-electron chi connectivity index (χ3n) is 3.64. The molecule has 8 heteroatoms. The number of benzene rings is 1. The van der Waals surface area contributed by atoms with Crippen LogP contribution in [0, 0.1) is 0 Å². The molecule has 1 N–H and O–H groups in total. The molecular formula is C14H12BrCl2NO2S2. The topological polar surface area (TPSA) is 46.2 Å². The second-order valence-corrected chi connectivity index (χ2v) is 9.69. The molecule has 0 fully saturated rings. The molecule has 1 aliphatic carbocycles. The van der Waals surface area contributed by atoms with Gasteiger partial charge in [0.15, 0.2) is 0 Å². The second kappa shape index (κ2) is 6.32. The number of nitrogens with one attached hydrogen (secondary N) is 1. The quantitative estimate of drug-likeness (QED) is 0.684. The maximum atomic E-state index is 12.7. The Bertz CT molecular complexity index is 834. The van der Waals surface area contributed by atoms with E-state index in [1.165, 1.54) is 5.56 Å². The average Bonchev–Trinajstić information content (AvgIpc) is 2.72. The first-order valence-corrected chi connectivity index (χ1v) is 10.5. The van der Waals surface area contributed by atoms with Gasteiger partial charge in [0.2, 0.25) is 0 Å². The zero-order chi connectivity index (χ0) is 15.9. The van der Waals surface area contributed by atoms with E-state index in [0.29, 0.717) is 14.5 Å². The summed E-state index contributed by atoms with van der Waals surface area (Å²) in [6.07, 6.45) is 4.08. The standard InChI is InChI=1S/C14H12BrCl2NO2S2/c15-11-12(14(17)21-13(11)16)22(19,20)18-10-7-3-5-8-4-1-2-6-9(8)10/h3,5,7,18H,1-2,4,6H2. The molecule has 3 nitrogen and oxygen atoms in total. The summed E-state index contributed by atoms with van der Waals surface area (Å²) in [6.45, 7) is 0. The summed E-state index contributed by atoms with van der Waals surface area (Å²) in [6, 6.07) is 5.72. The highest BCUT2D eigenvalue weighted by atomic mass is 79.9. The first kappa shape index (κ1) is 16.6. The number of fused-ring (bicyclic) bond motifs is 1. The molecule has 0 spiro atoms. The smallest absolute Gasteiger partial charge is 0.265 e. The van der Waals surface area contributed by atoms with E-state index >= 15 is 0 Å². The summed E-state index contributed by atoms with van der Waals surface area (Å²) in [7, 11) is -3.79. The van der Waals surface area contributed by atoms with Crippen molar-refractivity contribution in [1.29, 1.82) is 0 Å². The zero-order valence-corrected chi connectivity index (χ0v) is 16.1. The Morgan fingerprint density at radius 2 is 1.86 bits per heavy atom. The average molecular weight is 441 g/mol. The van der Waals surface area contributed by atoms with Crippen molar-refractivity contribution in [1.82, 2.24) is 0 Å². The van der Waals surface area contributed by atoms with Crippen molar-refractivity contribution in [2.45, 2.75) is 30.6 Å². The Hall–Kier alpha value is -0.270. The van der Waals surface area contributed by atoms with Gasteiger partial charge in [-0.3, -0.25) is 4.72 Å². The zero-order valence-electron chi connectivity index (χ0n) is 11.3. The molecule has 2 aromatic rings. The van der Waals surface area contributed by atoms with Gasteiger partial charge in [-0.1, -0.05) is 35.3 Å². The summed E-state index contributed by atoms with van der Waals surface area (Å²) in [5.41, 5.74) is 2.91. The van der Waals surface area contributed by atoms with Gasteiger partial charge in [0.25, 0.3) is 10.0 Å². The first-order valence-electron chi connectivity index (χ1n) is 6.67. The molecule has 0 aliphatic heterocycles. The SMILES string of the molecule is O=S(=O)(Nc1cccc2c1CCCC2)c1c(Cl)sc(Cl)c1Br. The monoisotopic (exact) mass is 439 g/mol. The maximum absolute atomic E-state index is 12.7. The van der Waals surface area contributed by atoms with Gasteiger partial charge in [-0.25, -0.2) is 8.42 Å². The molecule has 22 heavy (non-hydrogen) atoms. The number of sulfonamides is 1. The van der Waals surface area contributed by atoms with Crippen LogP contribution in [-0.4, -0.2) is 8.42 Å². The van der Waals surface area contributed by atoms with Crippen LogP contribution in [0.1, 0.15) is 24.0 Å². The van der Waals surface area contributed by atoms with E-state index in [2.05, 4.69) is 26.7 Å². The molecule has 0 saturated heterocycles. The molecule has 118 valence electrons. The molecule has 1 aromatic carbocycles. The molecule has 1 heterocycles. The predicted octanol–water partition coefficient (Wildman–Crippen LogP) is 5.50. The minimum absolute atomic E-state index is 0.00224. The Morgan fingerprint density at radius 3 is 2.55 bits per heavy atom. The van der Waals surface area contributed by atoms with Crippen molar-refractivity contribution in [2.24, 2.45) is 0 Å². The number of halogens is 3. The van der Waals surface area contributed by atoms with Crippen LogP contribution in [0.3, 0.4) is 0 Å². The Labute approximate surface area is 151 Å². The van der Waals surface area contributed by atoms with E-state index in [0.717, 1.165) is 42.6 Å². The summed E-state index contributed by atoms with van der Waals surface area (Å²) in [5.74, 6) is 0. The largest absolute Gasteiger partial charge is 0.279 e. The van der Waals surface area contributed by atoms with Crippen molar-refractivity contribution in [3.05, 3.63) is 42.5 Å². The van der Waals surface area contributed by atoms with Gasteiger partial charge in [-0.05, 0) is 58.8 Å². The maximum Gasteiger partial charge on any atom is 0.265 e. The van der Waals surface area contributed by atoms with Crippen LogP contribution < -0.4 is 4.72 Å². The second-order valence-electron chi connectivity index (χ2n) is 5.05. The lowest BCUT2D eigenvalue weighted by Gasteiger charge is -2.20. The van der Waals surface area contributed by atoms with Crippen molar-refractivity contribution in [2.75, 3.05) is 4.72 Å². The van der Waals surface area contributed by atoms with Gasteiger partial charge < -0.3 is 0 Å². The number of hydrogen-bond donors (Lipinski definition) is 1. The normalized spacial score (nSPS) is 14.7. The highest BCUT2D eigenvalue weighted by Crippen LogP contribution is 2.43. The van der Waals surface area contributed by atoms with E-state index in [-0.39, 0.29) is 9.23 Å². The minimum atomic E-state index is -3.79. The fourth-order valence-corrected chi connectivity index (χ4v) is 7.29. The summed E-state index contributed by atoms with van der Waals surface area (Å²) >= 11 is 16.2. The first-order chi connectivity index (χ1) is 10.4. The lowest BCUT2D eigenvalue weighted by atomic mass is 9.91. The van der Waals surface area contributed by atoms with Gasteiger partial charge in [0, 0.05) is 0 Å². The molecule has 0 atom stereocenters. The lowest BCUT2D eigenvalue weighted by molar-refractivity contribution is 0.601.